The Labute approximate surface area is 179 Å². The molecule has 2 rings (SSSR count). The Balaban J connectivity index is 1.86. The fraction of sp³-hybridized carbons (Fsp3) is 0.273. The Morgan fingerprint density at radius 1 is 1.17 bits per heavy atom. The van der Waals surface area contributed by atoms with E-state index in [9.17, 15) is 19.5 Å². The molecule has 1 atom stereocenters. The number of rotatable bonds is 11. The number of nitrogens with one attached hydrogen (secondary N) is 1. The highest BCUT2D eigenvalue weighted by Gasteiger charge is 2.23. The van der Waals surface area contributed by atoms with Crippen LogP contribution in [0.15, 0.2) is 60.5 Å². The van der Waals surface area contributed by atoms with Gasteiger partial charge in [-0.1, -0.05) is 41.9 Å². The van der Waals surface area contributed by atoms with Crippen molar-refractivity contribution in [2.24, 2.45) is 0 Å². The van der Waals surface area contributed by atoms with Crippen LogP contribution in [0.3, 0.4) is 0 Å². The van der Waals surface area contributed by atoms with Crippen LogP contribution in [0.5, 0.6) is 0 Å². The van der Waals surface area contributed by atoms with E-state index in [-0.39, 0.29) is 24.8 Å². The molecular weight excluding hydrogens is 408 g/mol. The number of nitrogens with zero attached hydrogens (tertiary/aromatic N) is 1. The number of halogens is 1. The zero-order valence-corrected chi connectivity index (χ0v) is 17.3. The number of carbonyl (C=O) groups is 2. The number of amides is 1. The smallest absolute Gasteiger partial charge is 0.345 e. The maximum absolute atomic E-state index is 12.1. The molecular formula is C22H23ClN2O5. The maximum Gasteiger partial charge on any atom is 0.345 e. The molecule has 0 aliphatic rings. The van der Waals surface area contributed by atoms with E-state index in [1.165, 1.54) is 4.90 Å². The van der Waals surface area contributed by atoms with Crippen LogP contribution in [0.4, 0.5) is 0 Å². The second kappa shape index (κ2) is 11.7. The summed E-state index contributed by atoms with van der Waals surface area (Å²) in [6.45, 7) is 0.506. The Hall–Kier alpha value is -3.28. The molecule has 0 saturated heterocycles. The van der Waals surface area contributed by atoms with Crippen molar-refractivity contribution in [3.8, 4) is 0 Å². The summed E-state index contributed by atoms with van der Waals surface area (Å²) < 4.78 is 5.37. The number of likely N-dealkylation sites (N-methyl/N-ethyl adjacent to an activating group) is 1. The highest BCUT2D eigenvalue weighted by atomic mass is 35.5. The number of hydrogen-bond donors (Lipinski definition) is 2. The predicted molar refractivity (Wildman–Crippen MR) is 113 cm³/mol. The molecule has 8 heteroatoms. The van der Waals surface area contributed by atoms with Gasteiger partial charge in [0.1, 0.15) is 0 Å². The van der Waals surface area contributed by atoms with Crippen LogP contribution in [0.2, 0.25) is 5.02 Å². The summed E-state index contributed by atoms with van der Waals surface area (Å²) >= 11 is 5.79. The quantitative estimate of drug-likeness (QED) is 0.420. The zero-order valence-electron chi connectivity index (χ0n) is 16.5. The lowest BCUT2D eigenvalue weighted by atomic mass is 10.1. The number of benzene rings is 2. The average molecular weight is 431 g/mol. The molecule has 2 aromatic rings. The van der Waals surface area contributed by atoms with Gasteiger partial charge in [-0.3, -0.25) is 4.79 Å². The monoisotopic (exact) mass is 430 g/mol. The average Bonchev–Trinajstić information content (AvgIpc) is 2.75. The molecule has 0 aliphatic heterocycles. The molecule has 0 heterocycles. The number of carboxylic acids is 1. The highest BCUT2D eigenvalue weighted by molar-refractivity contribution is 6.30. The van der Waals surface area contributed by atoms with Gasteiger partial charge >= 0.3 is 5.97 Å². The third-order valence-corrected chi connectivity index (χ3v) is 4.59. The summed E-state index contributed by atoms with van der Waals surface area (Å²) in [5.41, 5.74) is 1.48. The summed E-state index contributed by atoms with van der Waals surface area (Å²) in [7, 11) is 1.63. The molecule has 2 N–H and O–H groups in total. The van der Waals surface area contributed by atoms with Gasteiger partial charge in [-0.05, 0) is 36.2 Å². The van der Waals surface area contributed by atoms with Gasteiger partial charge in [0.25, 0.3) is 11.8 Å². The van der Waals surface area contributed by atoms with Gasteiger partial charge in [0, 0.05) is 37.1 Å². The SMILES string of the molecule is CN(CCc1ccccc1)C(=C=O)OC(CCNC(=O)c1ccc(Cl)cc1)C(=O)O. The van der Waals surface area contributed by atoms with Gasteiger partial charge in [0.2, 0.25) is 0 Å². The first-order valence-electron chi connectivity index (χ1n) is 9.34. The second-order valence-electron chi connectivity index (χ2n) is 6.56. The van der Waals surface area contributed by atoms with Crippen molar-refractivity contribution in [1.29, 1.82) is 0 Å². The molecule has 7 nitrogen and oxygen atoms in total. The van der Waals surface area contributed by atoms with E-state index in [0.717, 1.165) is 5.56 Å². The van der Waals surface area contributed by atoms with E-state index in [1.54, 1.807) is 37.3 Å². The van der Waals surface area contributed by atoms with Crippen molar-refractivity contribution in [2.75, 3.05) is 20.1 Å². The molecule has 0 aliphatic carbocycles. The fourth-order valence-corrected chi connectivity index (χ4v) is 2.75. The number of aliphatic carboxylic acids is 1. The first-order valence-corrected chi connectivity index (χ1v) is 9.72. The Morgan fingerprint density at radius 2 is 1.83 bits per heavy atom. The number of carboxylic acid groups (broad SMARTS) is 1. The number of carbonyl (C=O) groups excluding carboxylic acids is 2. The molecule has 0 radical (unpaired) electrons. The summed E-state index contributed by atoms with van der Waals surface area (Å²) in [5, 5.41) is 12.5. The summed E-state index contributed by atoms with van der Waals surface area (Å²) in [6, 6.07) is 16.0. The van der Waals surface area contributed by atoms with Crippen LogP contribution in [-0.2, 0) is 20.7 Å². The summed E-state index contributed by atoms with van der Waals surface area (Å²) in [6.07, 6.45) is -0.668. The Morgan fingerprint density at radius 3 is 2.43 bits per heavy atom. The first-order chi connectivity index (χ1) is 14.4. The molecule has 0 bridgehead atoms. The maximum atomic E-state index is 12.1. The van der Waals surface area contributed by atoms with Crippen LogP contribution >= 0.6 is 11.6 Å². The van der Waals surface area contributed by atoms with Crippen molar-refractivity contribution in [3.05, 3.63) is 76.6 Å². The summed E-state index contributed by atoms with van der Waals surface area (Å²) in [5.74, 6) is -0.127. The number of ether oxygens (including phenoxy) is 1. The van der Waals surface area contributed by atoms with Gasteiger partial charge in [0.15, 0.2) is 12.0 Å². The minimum absolute atomic E-state index is 0.0215. The lowest BCUT2D eigenvalue weighted by Crippen LogP contribution is -2.34. The van der Waals surface area contributed by atoms with Gasteiger partial charge in [0.05, 0.1) is 0 Å². The largest absolute Gasteiger partial charge is 0.479 e. The van der Waals surface area contributed by atoms with Gasteiger partial charge in [-0.25, -0.2) is 9.59 Å². The van der Waals surface area contributed by atoms with E-state index in [2.05, 4.69) is 5.32 Å². The van der Waals surface area contributed by atoms with Gasteiger partial charge < -0.3 is 20.1 Å². The Bertz CT molecular complexity index is 896. The van der Waals surface area contributed by atoms with E-state index < -0.39 is 12.1 Å². The second-order valence-corrected chi connectivity index (χ2v) is 7.00. The number of hydrogen-bond acceptors (Lipinski definition) is 5. The molecule has 30 heavy (non-hydrogen) atoms. The minimum Gasteiger partial charge on any atom is -0.479 e. The molecule has 2 aromatic carbocycles. The van der Waals surface area contributed by atoms with Crippen molar-refractivity contribution < 1.29 is 24.2 Å². The first kappa shape index (κ1) is 23.0. The Kier molecular flexibility index (Phi) is 8.94. The van der Waals surface area contributed by atoms with E-state index in [4.69, 9.17) is 16.3 Å². The molecule has 0 spiro atoms. The van der Waals surface area contributed by atoms with Crippen molar-refractivity contribution in [2.45, 2.75) is 18.9 Å². The van der Waals surface area contributed by atoms with Crippen LogP contribution in [-0.4, -0.2) is 54.1 Å². The standard InChI is InChI=1S/C22H23ClN2O5/c1-25(14-12-16-5-3-2-4-6-16)20(15-26)30-19(22(28)29)11-13-24-21(27)17-7-9-18(23)10-8-17/h2-10,19H,11-14H2,1H3,(H,24,27)(H,28,29). The molecule has 158 valence electrons. The zero-order chi connectivity index (χ0) is 21.9. The van der Waals surface area contributed by atoms with E-state index in [0.29, 0.717) is 23.6 Å². The minimum atomic E-state index is -1.30. The summed E-state index contributed by atoms with van der Waals surface area (Å²) in [4.78, 5) is 36.4. The lowest BCUT2D eigenvalue weighted by molar-refractivity contribution is -0.149. The normalized spacial score (nSPS) is 11.1. The molecule has 0 saturated carbocycles. The fourth-order valence-electron chi connectivity index (χ4n) is 2.62. The molecule has 0 fully saturated rings. The topological polar surface area (TPSA) is 95.9 Å². The molecule has 1 unspecified atom stereocenters. The van der Waals surface area contributed by atoms with Crippen molar-refractivity contribution in [1.82, 2.24) is 10.2 Å². The van der Waals surface area contributed by atoms with Crippen LogP contribution < -0.4 is 5.32 Å². The molecule has 1 amide bonds. The van der Waals surface area contributed by atoms with Crippen LogP contribution in [0.1, 0.15) is 22.3 Å². The van der Waals surface area contributed by atoms with E-state index >= 15 is 0 Å². The lowest BCUT2D eigenvalue weighted by Gasteiger charge is -2.23. The van der Waals surface area contributed by atoms with Gasteiger partial charge in [-0.2, -0.15) is 0 Å². The van der Waals surface area contributed by atoms with Crippen molar-refractivity contribution >= 4 is 29.4 Å². The van der Waals surface area contributed by atoms with Gasteiger partial charge in [-0.15, -0.1) is 0 Å². The van der Waals surface area contributed by atoms with Crippen molar-refractivity contribution in [3.63, 3.8) is 0 Å². The van der Waals surface area contributed by atoms with Crippen LogP contribution in [0.25, 0.3) is 0 Å². The third kappa shape index (κ3) is 7.28. The highest BCUT2D eigenvalue weighted by Crippen LogP contribution is 2.11. The molecule has 0 aromatic heterocycles. The van der Waals surface area contributed by atoms with Crippen LogP contribution in [0, 0.1) is 0 Å². The van der Waals surface area contributed by atoms with E-state index in [1.807, 2.05) is 30.3 Å². The third-order valence-electron chi connectivity index (χ3n) is 4.34. The predicted octanol–water partition coefficient (Wildman–Crippen LogP) is 2.78.